The molecule has 0 aliphatic heterocycles. The summed E-state index contributed by atoms with van der Waals surface area (Å²) in [6.45, 7) is 0.697. The monoisotopic (exact) mass is 377 g/mol. The molecule has 1 amide bonds. The minimum Gasteiger partial charge on any atom is -0.493 e. The second-order valence-corrected chi connectivity index (χ2v) is 6.89. The van der Waals surface area contributed by atoms with Gasteiger partial charge in [-0.15, -0.1) is 0 Å². The van der Waals surface area contributed by atoms with Crippen molar-refractivity contribution in [3.05, 3.63) is 60.4 Å². The Balaban J connectivity index is 1.75. The number of aromatic nitrogens is 2. The highest BCUT2D eigenvalue weighted by molar-refractivity contribution is 5.99. The molecule has 2 aromatic carbocycles. The average Bonchev–Trinajstić information content (AvgIpc) is 3.47. The summed E-state index contributed by atoms with van der Waals surface area (Å²) in [5.41, 5.74) is 2.89. The first-order chi connectivity index (χ1) is 13.7. The number of methoxy groups -OCH3 is 2. The van der Waals surface area contributed by atoms with Crippen LogP contribution in [0, 0.1) is 5.92 Å². The quantitative estimate of drug-likeness (QED) is 0.682. The van der Waals surface area contributed by atoms with E-state index in [0.29, 0.717) is 29.7 Å². The van der Waals surface area contributed by atoms with Crippen LogP contribution < -0.4 is 14.8 Å². The lowest BCUT2D eigenvalue weighted by atomic mass is 10.1. The zero-order valence-corrected chi connectivity index (χ0v) is 16.0. The number of carbonyl (C=O) groups excluding carboxylic acids is 1. The number of nitrogens with one attached hydrogen (secondary N) is 1. The van der Waals surface area contributed by atoms with E-state index in [0.717, 1.165) is 16.8 Å². The molecule has 0 bridgehead atoms. The summed E-state index contributed by atoms with van der Waals surface area (Å²) in [6, 6.07) is 15.4. The molecule has 0 spiro atoms. The standard InChI is InChI=1S/C22H23N3O3/c1-27-19-11-10-16(12-20(19)28-2)18-14-25(17-6-4-3-5-7-17)24-21(18)22(26)23-13-15-8-9-15/h3-7,10-12,14-15H,8-9,13H2,1-2H3,(H,23,26). The maximum atomic E-state index is 12.9. The molecule has 1 aromatic heterocycles. The number of amides is 1. The molecule has 28 heavy (non-hydrogen) atoms. The molecule has 1 N–H and O–H groups in total. The molecular weight excluding hydrogens is 354 g/mol. The van der Waals surface area contributed by atoms with Crippen molar-refractivity contribution >= 4 is 5.91 Å². The Labute approximate surface area is 164 Å². The summed E-state index contributed by atoms with van der Waals surface area (Å²) in [7, 11) is 3.19. The lowest BCUT2D eigenvalue weighted by molar-refractivity contribution is 0.0947. The van der Waals surface area contributed by atoms with Crippen LogP contribution in [0.3, 0.4) is 0 Å². The van der Waals surface area contributed by atoms with Crippen LogP contribution in [0.5, 0.6) is 11.5 Å². The van der Waals surface area contributed by atoms with E-state index in [4.69, 9.17) is 9.47 Å². The van der Waals surface area contributed by atoms with Gasteiger partial charge in [-0.05, 0) is 48.6 Å². The van der Waals surface area contributed by atoms with E-state index < -0.39 is 0 Å². The fourth-order valence-corrected chi connectivity index (χ4v) is 3.11. The molecule has 4 rings (SSSR count). The third kappa shape index (κ3) is 3.71. The van der Waals surface area contributed by atoms with Gasteiger partial charge in [0.15, 0.2) is 17.2 Å². The third-order valence-electron chi connectivity index (χ3n) is 4.89. The SMILES string of the molecule is COc1ccc(-c2cn(-c3ccccc3)nc2C(=O)NCC2CC2)cc1OC. The van der Waals surface area contributed by atoms with Gasteiger partial charge in [0.25, 0.3) is 5.91 Å². The molecule has 1 fully saturated rings. The zero-order chi connectivity index (χ0) is 19.5. The molecule has 0 atom stereocenters. The lowest BCUT2D eigenvalue weighted by Gasteiger charge is -2.09. The van der Waals surface area contributed by atoms with E-state index >= 15 is 0 Å². The molecule has 1 aliphatic carbocycles. The Morgan fingerprint density at radius 1 is 1.11 bits per heavy atom. The Hall–Kier alpha value is -3.28. The molecule has 3 aromatic rings. The van der Waals surface area contributed by atoms with Crippen molar-refractivity contribution < 1.29 is 14.3 Å². The smallest absolute Gasteiger partial charge is 0.272 e. The number of nitrogens with zero attached hydrogens (tertiary/aromatic N) is 2. The van der Waals surface area contributed by atoms with Gasteiger partial charge in [0.05, 0.1) is 19.9 Å². The second-order valence-electron chi connectivity index (χ2n) is 6.89. The van der Waals surface area contributed by atoms with Crippen LogP contribution in [0.4, 0.5) is 0 Å². The molecule has 0 unspecified atom stereocenters. The van der Waals surface area contributed by atoms with Gasteiger partial charge in [0.1, 0.15) is 0 Å². The van der Waals surface area contributed by atoms with Crippen molar-refractivity contribution in [1.82, 2.24) is 15.1 Å². The maximum Gasteiger partial charge on any atom is 0.272 e. The molecule has 1 heterocycles. The summed E-state index contributed by atoms with van der Waals surface area (Å²) in [4.78, 5) is 12.9. The first-order valence-electron chi connectivity index (χ1n) is 9.35. The summed E-state index contributed by atoms with van der Waals surface area (Å²) >= 11 is 0. The Morgan fingerprint density at radius 2 is 1.86 bits per heavy atom. The van der Waals surface area contributed by atoms with Gasteiger partial charge >= 0.3 is 0 Å². The predicted octanol–water partition coefficient (Wildman–Crippen LogP) is 3.70. The van der Waals surface area contributed by atoms with Gasteiger partial charge in [-0.2, -0.15) is 5.10 Å². The van der Waals surface area contributed by atoms with E-state index in [9.17, 15) is 4.79 Å². The van der Waals surface area contributed by atoms with Crippen LogP contribution >= 0.6 is 0 Å². The van der Waals surface area contributed by atoms with Gasteiger partial charge in [-0.1, -0.05) is 24.3 Å². The van der Waals surface area contributed by atoms with E-state index in [-0.39, 0.29) is 5.91 Å². The lowest BCUT2D eigenvalue weighted by Crippen LogP contribution is -2.26. The van der Waals surface area contributed by atoms with Crippen molar-refractivity contribution in [2.45, 2.75) is 12.8 Å². The van der Waals surface area contributed by atoms with Crippen LogP contribution in [0.2, 0.25) is 0 Å². The van der Waals surface area contributed by atoms with Crippen molar-refractivity contribution in [2.75, 3.05) is 20.8 Å². The van der Waals surface area contributed by atoms with Crippen molar-refractivity contribution in [3.63, 3.8) is 0 Å². The van der Waals surface area contributed by atoms with Crippen LogP contribution in [0.1, 0.15) is 23.3 Å². The Kier molecular flexibility index (Phi) is 5.02. The summed E-state index contributed by atoms with van der Waals surface area (Å²) in [5, 5.41) is 7.60. The molecule has 6 heteroatoms. The third-order valence-corrected chi connectivity index (χ3v) is 4.89. The Morgan fingerprint density at radius 3 is 2.54 bits per heavy atom. The predicted molar refractivity (Wildman–Crippen MR) is 107 cm³/mol. The number of para-hydroxylation sites is 1. The van der Waals surface area contributed by atoms with Gasteiger partial charge in [-0.25, -0.2) is 4.68 Å². The number of ether oxygens (including phenoxy) is 2. The minimum atomic E-state index is -0.161. The maximum absolute atomic E-state index is 12.9. The molecule has 0 radical (unpaired) electrons. The highest BCUT2D eigenvalue weighted by Gasteiger charge is 2.24. The van der Waals surface area contributed by atoms with E-state index in [1.54, 1.807) is 18.9 Å². The fourth-order valence-electron chi connectivity index (χ4n) is 3.11. The van der Waals surface area contributed by atoms with Crippen LogP contribution in [0.15, 0.2) is 54.7 Å². The van der Waals surface area contributed by atoms with Gasteiger partial charge in [0.2, 0.25) is 0 Å². The highest BCUT2D eigenvalue weighted by Crippen LogP contribution is 2.34. The largest absolute Gasteiger partial charge is 0.493 e. The van der Waals surface area contributed by atoms with Gasteiger partial charge < -0.3 is 14.8 Å². The van der Waals surface area contributed by atoms with Gasteiger partial charge in [0, 0.05) is 18.3 Å². The number of hydrogen-bond donors (Lipinski definition) is 1. The molecule has 144 valence electrons. The first kappa shape index (κ1) is 18.1. The number of benzene rings is 2. The number of rotatable bonds is 7. The van der Waals surface area contributed by atoms with Crippen LogP contribution in [-0.2, 0) is 0 Å². The number of carbonyl (C=O) groups is 1. The molecule has 1 saturated carbocycles. The number of hydrogen-bond acceptors (Lipinski definition) is 4. The normalized spacial score (nSPS) is 13.2. The van der Waals surface area contributed by atoms with Crippen LogP contribution in [0.25, 0.3) is 16.8 Å². The fraction of sp³-hybridized carbons (Fsp3) is 0.273. The van der Waals surface area contributed by atoms with Crippen LogP contribution in [-0.4, -0.2) is 36.5 Å². The van der Waals surface area contributed by atoms with E-state index in [1.165, 1.54) is 12.8 Å². The summed E-state index contributed by atoms with van der Waals surface area (Å²) < 4.78 is 12.5. The van der Waals surface area contributed by atoms with Crippen molar-refractivity contribution in [1.29, 1.82) is 0 Å². The molecule has 0 saturated heterocycles. The molecular formula is C22H23N3O3. The van der Waals surface area contributed by atoms with E-state index in [2.05, 4.69) is 10.4 Å². The topological polar surface area (TPSA) is 65.4 Å². The summed E-state index contributed by atoms with van der Waals surface area (Å²) in [6.07, 6.45) is 4.24. The van der Waals surface area contributed by atoms with E-state index in [1.807, 2.05) is 54.7 Å². The Bertz CT molecular complexity index is 978. The highest BCUT2D eigenvalue weighted by atomic mass is 16.5. The first-order valence-corrected chi connectivity index (χ1v) is 9.35. The van der Waals surface area contributed by atoms with Crippen molar-refractivity contribution in [3.8, 4) is 28.3 Å². The minimum absolute atomic E-state index is 0.161. The zero-order valence-electron chi connectivity index (χ0n) is 16.0. The molecule has 6 nitrogen and oxygen atoms in total. The van der Waals surface area contributed by atoms with Crippen molar-refractivity contribution in [2.24, 2.45) is 5.92 Å². The summed E-state index contributed by atoms with van der Waals surface area (Å²) in [5.74, 6) is 1.69. The molecule has 1 aliphatic rings. The average molecular weight is 377 g/mol. The van der Waals surface area contributed by atoms with Gasteiger partial charge in [-0.3, -0.25) is 4.79 Å². The second kappa shape index (κ2) is 7.76.